The number of aromatic nitrogens is 3. The SMILES string of the molecule is CCOC(=O)C1=C(C)Nc2ncnn2[C@H]1c1cc(Br)ccc1OCc1ccccc1. The molecule has 0 amide bonds. The first-order valence-corrected chi connectivity index (χ1v) is 10.4. The lowest BCUT2D eigenvalue weighted by atomic mass is 9.95. The van der Waals surface area contributed by atoms with Gasteiger partial charge in [0.25, 0.3) is 0 Å². The molecule has 0 radical (unpaired) electrons. The van der Waals surface area contributed by atoms with Crippen molar-refractivity contribution in [1.82, 2.24) is 14.8 Å². The number of nitrogens with zero attached hydrogens (tertiary/aromatic N) is 3. The minimum Gasteiger partial charge on any atom is -0.489 e. The number of carbonyl (C=O) groups is 1. The van der Waals surface area contributed by atoms with Crippen molar-refractivity contribution in [1.29, 1.82) is 0 Å². The third-order valence-electron chi connectivity index (χ3n) is 4.79. The number of esters is 1. The average Bonchev–Trinajstić information content (AvgIpc) is 3.20. The molecule has 1 aliphatic heterocycles. The third-order valence-corrected chi connectivity index (χ3v) is 5.29. The molecule has 4 rings (SSSR count). The van der Waals surface area contributed by atoms with Crippen molar-refractivity contribution < 1.29 is 14.3 Å². The fourth-order valence-electron chi connectivity index (χ4n) is 3.45. The molecule has 0 saturated heterocycles. The summed E-state index contributed by atoms with van der Waals surface area (Å²) in [6.07, 6.45) is 1.46. The summed E-state index contributed by atoms with van der Waals surface area (Å²) in [7, 11) is 0. The lowest BCUT2D eigenvalue weighted by Gasteiger charge is -2.29. The van der Waals surface area contributed by atoms with Crippen molar-refractivity contribution in [2.75, 3.05) is 11.9 Å². The molecule has 8 heteroatoms. The molecule has 30 heavy (non-hydrogen) atoms. The van der Waals surface area contributed by atoms with Gasteiger partial charge in [-0.3, -0.25) is 0 Å². The van der Waals surface area contributed by atoms with E-state index in [2.05, 4.69) is 31.3 Å². The monoisotopic (exact) mass is 468 g/mol. The number of allylic oxidation sites excluding steroid dienone is 1. The van der Waals surface area contributed by atoms with Crippen molar-refractivity contribution in [2.24, 2.45) is 0 Å². The molecule has 2 heterocycles. The summed E-state index contributed by atoms with van der Waals surface area (Å²) in [4.78, 5) is 17.1. The van der Waals surface area contributed by atoms with Crippen LogP contribution in [-0.2, 0) is 16.1 Å². The van der Waals surface area contributed by atoms with Crippen LogP contribution in [0.15, 0.2) is 70.6 Å². The molecule has 0 spiro atoms. The Kier molecular flexibility index (Phi) is 5.85. The maximum atomic E-state index is 12.9. The van der Waals surface area contributed by atoms with Gasteiger partial charge in [0.05, 0.1) is 12.2 Å². The van der Waals surface area contributed by atoms with E-state index in [9.17, 15) is 4.79 Å². The summed E-state index contributed by atoms with van der Waals surface area (Å²) >= 11 is 3.54. The highest BCUT2D eigenvalue weighted by atomic mass is 79.9. The molecule has 1 aromatic heterocycles. The number of fused-ring (bicyclic) bond motifs is 1. The number of carbonyl (C=O) groups excluding carboxylic acids is 1. The Hall–Kier alpha value is -3.13. The first-order valence-electron chi connectivity index (χ1n) is 9.59. The van der Waals surface area contributed by atoms with Gasteiger partial charge in [-0.15, -0.1) is 0 Å². The second kappa shape index (κ2) is 8.71. The van der Waals surface area contributed by atoms with E-state index in [1.807, 2.05) is 55.5 Å². The van der Waals surface area contributed by atoms with E-state index in [1.165, 1.54) is 6.33 Å². The molecule has 0 fully saturated rings. The standard InChI is InChI=1S/C22H21BrN4O3/c1-3-29-21(28)19-14(2)26-22-24-13-25-27(22)20(19)17-11-16(23)9-10-18(17)30-12-15-7-5-4-6-8-15/h4-11,13,20H,3,12H2,1-2H3,(H,24,25,26)/t20-/m0/s1. The van der Waals surface area contributed by atoms with Crippen LogP contribution in [0.25, 0.3) is 0 Å². The number of ether oxygens (including phenoxy) is 2. The van der Waals surface area contributed by atoms with Gasteiger partial charge < -0.3 is 14.8 Å². The highest BCUT2D eigenvalue weighted by molar-refractivity contribution is 9.10. The van der Waals surface area contributed by atoms with Gasteiger partial charge in [-0.2, -0.15) is 10.1 Å². The maximum absolute atomic E-state index is 12.9. The first kappa shape index (κ1) is 20.2. The van der Waals surface area contributed by atoms with E-state index in [-0.39, 0.29) is 6.61 Å². The van der Waals surface area contributed by atoms with E-state index in [1.54, 1.807) is 11.6 Å². The van der Waals surface area contributed by atoms with Gasteiger partial charge in [0.15, 0.2) is 0 Å². The van der Waals surface area contributed by atoms with E-state index in [0.717, 1.165) is 15.6 Å². The van der Waals surface area contributed by atoms with Crippen LogP contribution in [0.1, 0.15) is 31.0 Å². The van der Waals surface area contributed by atoms with Crippen molar-refractivity contribution in [2.45, 2.75) is 26.5 Å². The van der Waals surface area contributed by atoms with Crippen molar-refractivity contribution in [3.05, 3.63) is 81.7 Å². The minimum atomic E-state index is -0.536. The zero-order chi connectivity index (χ0) is 21.1. The van der Waals surface area contributed by atoms with E-state index < -0.39 is 12.0 Å². The fraction of sp³-hybridized carbons (Fsp3) is 0.227. The Morgan fingerprint density at radius 3 is 2.80 bits per heavy atom. The maximum Gasteiger partial charge on any atom is 0.338 e. The summed E-state index contributed by atoms with van der Waals surface area (Å²) in [5.74, 6) is 0.812. The summed E-state index contributed by atoms with van der Waals surface area (Å²) < 4.78 is 14.1. The van der Waals surface area contributed by atoms with Crippen molar-refractivity contribution >= 4 is 27.8 Å². The zero-order valence-electron chi connectivity index (χ0n) is 16.6. The normalized spacial score (nSPS) is 15.4. The highest BCUT2D eigenvalue weighted by Crippen LogP contribution is 2.40. The molecule has 1 N–H and O–H groups in total. The predicted molar refractivity (Wildman–Crippen MR) is 116 cm³/mol. The Labute approximate surface area is 182 Å². The lowest BCUT2D eigenvalue weighted by molar-refractivity contribution is -0.139. The lowest BCUT2D eigenvalue weighted by Crippen LogP contribution is -2.30. The quantitative estimate of drug-likeness (QED) is 0.537. The average molecular weight is 469 g/mol. The predicted octanol–water partition coefficient (Wildman–Crippen LogP) is 4.47. The molecule has 7 nitrogen and oxygen atoms in total. The molecule has 3 aromatic rings. The molecule has 1 atom stereocenters. The highest BCUT2D eigenvalue weighted by Gasteiger charge is 2.36. The van der Waals surface area contributed by atoms with Crippen molar-refractivity contribution in [3.63, 3.8) is 0 Å². The van der Waals surface area contributed by atoms with E-state index in [0.29, 0.717) is 29.6 Å². The summed E-state index contributed by atoms with van der Waals surface area (Å²) in [6.45, 7) is 4.30. The topological polar surface area (TPSA) is 78.3 Å². The number of hydrogen-bond donors (Lipinski definition) is 1. The molecule has 0 bridgehead atoms. The van der Waals surface area contributed by atoms with Gasteiger partial charge in [0, 0.05) is 15.7 Å². The second-order valence-electron chi connectivity index (χ2n) is 6.77. The van der Waals surface area contributed by atoms with Crippen LogP contribution < -0.4 is 10.1 Å². The second-order valence-corrected chi connectivity index (χ2v) is 7.69. The van der Waals surface area contributed by atoms with Gasteiger partial charge in [0.2, 0.25) is 5.95 Å². The molecule has 1 aliphatic rings. The van der Waals surface area contributed by atoms with Crippen LogP contribution >= 0.6 is 15.9 Å². The number of halogens is 1. The molecular weight excluding hydrogens is 448 g/mol. The number of nitrogens with one attached hydrogen (secondary N) is 1. The number of rotatable bonds is 6. The number of anilines is 1. The van der Waals surface area contributed by atoms with Crippen LogP contribution in [0.5, 0.6) is 5.75 Å². The van der Waals surface area contributed by atoms with Gasteiger partial charge in [-0.1, -0.05) is 46.3 Å². The van der Waals surface area contributed by atoms with Gasteiger partial charge in [-0.05, 0) is 37.6 Å². The molecule has 2 aromatic carbocycles. The van der Waals surface area contributed by atoms with Crippen LogP contribution in [0.3, 0.4) is 0 Å². The molecule has 0 aliphatic carbocycles. The van der Waals surface area contributed by atoms with Crippen molar-refractivity contribution in [3.8, 4) is 5.75 Å². The Balaban J connectivity index is 1.79. The van der Waals surface area contributed by atoms with E-state index >= 15 is 0 Å². The zero-order valence-corrected chi connectivity index (χ0v) is 18.2. The third kappa shape index (κ3) is 3.95. The molecule has 154 valence electrons. The van der Waals surface area contributed by atoms with Gasteiger partial charge in [-0.25, -0.2) is 9.48 Å². The van der Waals surface area contributed by atoms with E-state index in [4.69, 9.17) is 9.47 Å². The van der Waals surface area contributed by atoms with Gasteiger partial charge >= 0.3 is 5.97 Å². The summed E-state index contributed by atoms with van der Waals surface area (Å²) in [5, 5.41) is 7.50. The summed E-state index contributed by atoms with van der Waals surface area (Å²) in [6, 6.07) is 15.1. The Morgan fingerprint density at radius 1 is 1.23 bits per heavy atom. The fourth-order valence-corrected chi connectivity index (χ4v) is 3.83. The van der Waals surface area contributed by atoms with Crippen LogP contribution in [0.4, 0.5) is 5.95 Å². The van der Waals surface area contributed by atoms with Crippen LogP contribution in [-0.4, -0.2) is 27.3 Å². The van der Waals surface area contributed by atoms with Gasteiger partial charge in [0.1, 0.15) is 24.7 Å². The number of benzene rings is 2. The summed E-state index contributed by atoms with van der Waals surface area (Å²) in [5.41, 5.74) is 2.98. The molecular formula is C22H21BrN4O3. The first-order chi connectivity index (χ1) is 14.6. The largest absolute Gasteiger partial charge is 0.489 e. The number of hydrogen-bond acceptors (Lipinski definition) is 6. The molecule has 0 unspecified atom stereocenters. The van der Waals surface area contributed by atoms with Crippen LogP contribution in [0, 0.1) is 0 Å². The smallest absolute Gasteiger partial charge is 0.338 e. The Morgan fingerprint density at radius 2 is 2.03 bits per heavy atom. The Bertz CT molecular complexity index is 1090. The van der Waals surface area contributed by atoms with Crippen LogP contribution in [0.2, 0.25) is 0 Å². The minimum absolute atomic E-state index is 0.280. The molecule has 0 saturated carbocycles.